The molecule has 0 saturated heterocycles. The average molecular weight is 532 g/mol. The van der Waals surface area contributed by atoms with Crippen molar-refractivity contribution in [2.45, 2.75) is 6.54 Å². The standard InChI is InChI=1S/C19H15BrCl3N5O2/c20-11-5-16(27(8-11)18-13(22)2-1-3-14(18)23)19(30)26-17-10(7-24)4-12(21)6-15(17)28(25)9-29/h1-6,8-9H,7,24-25H2,(H,26,30). The largest absolute Gasteiger partial charge is 0.326 e. The highest BCUT2D eigenvalue weighted by atomic mass is 79.9. The maximum absolute atomic E-state index is 13.2. The first kappa shape index (κ1) is 22.6. The maximum Gasteiger partial charge on any atom is 0.272 e. The summed E-state index contributed by atoms with van der Waals surface area (Å²) in [5.74, 6) is 5.23. The molecule has 1 aromatic heterocycles. The van der Waals surface area contributed by atoms with Gasteiger partial charge in [-0.2, -0.15) is 0 Å². The van der Waals surface area contributed by atoms with Crippen LogP contribution >= 0.6 is 50.7 Å². The molecule has 2 amide bonds. The molecule has 11 heteroatoms. The fourth-order valence-corrected chi connectivity index (χ4v) is 4.14. The van der Waals surface area contributed by atoms with Crippen LogP contribution in [0.2, 0.25) is 15.1 Å². The lowest BCUT2D eigenvalue weighted by Gasteiger charge is -2.20. The van der Waals surface area contributed by atoms with E-state index in [2.05, 4.69) is 21.2 Å². The molecular weight excluding hydrogens is 517 g/mol. The minimum atomic E-state index is -0.505. The van der Waals surface area contributed by atoms with Gasteiger partial charge in [0, 0.05) is 22.2 Å². The molecular formula is C19H15BrCl3N5O2. The fraction of sp³-hybridized carbons (Fsp3) is 0.0526. The quantitative estimate of drug-likeness (QED) is 0.185. The summed E-state index contributed by atoms with van der Waals surface area (Å²) in [6, 6.07) is 9.67. The van der Waals surface area contributed by atoms with Crippen LogP contribution < -0.4 is 21.9 Å². The van der Waals surface area contributed by atoms with E-state index in [9.17, 15) is 9.59 Å². The molecule has 3 aromatic rings. The summed E-state index contributed by atoms with van der Waals surface area (Å²) in [6.45, 7) is 0.0525. The van der Waals surface area contributed by atoms with Gasteiger partial charge in [-0.15, -0.1) is 0 Å². The Bertz CT molecular complexity index is 1120. The summed E-state index contributed by atoms with van der Waals surface area (Å²) >= 11 is 22.1. The van der Waals surface area contributed by atoms with Crippen LogP contribution in [0.3, 0.4) is 0 Å². The number of hydrogen-bond acceptors (Lipinski definition) is 4. The van der Waals surface area contributed by atoms with Crippen LogP contribution in [-0.4, -0.2) is 16.9 Å². The second kappa shape index (κ2) is 9.38. The number of nitrogens with zero attached hydrogens (tertiary/aromatic N) is 2. The van der Waals surface area contributed by atoms with Crippen LogP contribution in [0.1, 0.15) is 16.1 Å². The van der Waals surface area contributed by atoms with Gasteiger partial charge in [0.2, 0.25) is 6.41 Å². The summed E-state index contributed by atoms with van der Waals surface area (Å²) in [6.07, 6.45) is 2.06. The lowest BCUT2D eigenvalue weighted by atomic mass is 10.1. The van der Waals surface area contributed by atoms with E-state index < -0.39 is 5.91 Å². The Kier molecular flexibility index (Phi) is 7.07. The van der Waals surface area contributed by atoms with Crippen LogP contribution in [0.4, 0.5) is 11.4 Å². The fourth-order valence-electron chi connectivity index (χ4n) is 2.90. The predicted molar refractivity (Wildman–Crippen MR) is 124 cm³/mol. The first-order valence-corrected chi connectivity index (χ1v) is 10.3. The number of nitrogens with two attached hydrogens (primary N) is 2. The van der Waals surface area contributed by atoms with Crippen molar-refractivity contribution in [2.24, 2.45) is 11.6 Å². The molecule has 156 valence electrons. The molecule has 0 aliphatic heterocycles. The zero-order valence-electron chi connectivity index (χ0n) is 15.2. The number of anilines is 2. The summed E-state index contributed by atoms with van der Waals surface area (Å²) in [7, 11) is 0. The smallest absolute Gasteiger partial charge is 0.272 e. The van der Waals surface area contributed by atoms with E-state index in [4.69, 9.17) is 46.4 Å². The molecule has 0 saturated carbocycles. The monoisotopic (exact) mass is 529 g/mol. The second-order valence-electron chi connectivity index (χ2n) is 6.11. The van der Waals surface area contributed by atoms with Crippen LogP contribution in [0.5, 0.6) is 0 Å². The zero-order chi connectivity index (χ0) is 22.0. The van der Waals surface area contributed by atoms with E-state index in [0.29, 0.717) is 37.2 Å². The lowest BCUT2D eigenvalue weighted by Crippen LogP contribution is -2.31. The van der Waals surface area contributed by atoms with Gasteiger partial charge in [0.1, 0.15) is 5.69 Å². The molecule has 0 unspecified atom stereocenters. The molecule has 7 nitrogen and oxygen atoms in total. The lowest BCUT2D eigenvalue weighted by molar-refractivity contribution is -0.107. The Morgan fingerprint density at radius 3 is 2.47 bits per heavy atom. The van der Waals surface area contributed by atoms with Crippen molar-refractivity contribution in [1.29, 1.82) is 0 Å². The number of para-hydroxylation sites is 1. The Hall–Kier alpha value is -2.07. The highest BCUT2D eigenvalue weighted by Gasteiger charge is 2.21. The Morgan fingerprint density at radius 1 is 1.20 bits per heavy atom. The molecule has 0 radical (unpaired) electrons. The number of benzene rings is 2. The number of rotatable bonds is 6. The Labute approximate surface area is 195 Å². The third-order valence-electron chi connectivity index (χ3n) is 4.21. The highest BCUT2D eigenvalue weighted by Crippen LogP contribution is 2.34. The van der Waals surface area contributed by atoms with E-state index in [1.807, 2.05) is 0 Å². The molecule has 1 heterocycles. The summed E-state index contributed by atoms with van der Waals surface area (Å²) in [4.78, 5) is 24.4. The first-order chi connectivity index (χ1) is 14.3. The molecule has 0 bridgehead atoms. The van der Waals surface area contributed by atoms with Gasteiger partial charge >= 0.3 is 0 Å². The predicted octanol–water partition coefficient (Wildman–Crippen LogP) is 4.75. The number of halogens is 4. The van der Waals surface area contributed by atoms with Crippen molar-refractivity contribution in [1.82, 2.24) is 4.57 Å². The molecule has 5 N–H and O–H groups in total. The minimum Gasteiger partial charge on any atom is -0.326 e. The highest BCUT2D eigenvalue weighted by molar-refractivity contribution is 9.10. The van der Waals surface area contributed by atoms with E-state index >= 15 is 0 Å². The number of hydrazine groups is 1. The van der Waals surface area contributed by atoms with E-state index in [1.165, 1.54) is 6.07 Å². The minimum absolute atomic E-state index is 0.0525. The SMILES string of the molecule is NCc1cc(Cl)cc(N(N)C=O)c1NC(=O)c1cc(Br)cn1-c1c(Cl)cccc1Cl. The molecule has 30 heavy (non-hydrogen) atoms. The number of aromatic nitrogens is 1. The van der Waals surface area contributed by atoms with Gasteiger partial charge in [0.05, 0.1) is 27.1 Å². The van der Waals surface area contributed by atoms with Gasteiger partial charge in [-0.1, -0.05) is 40.9 Å². The van der Waals surface area contributed by atoms with Crippen molar-refractivity contribution in [2.75, 3.05) is 10.3 Å². The molecule has 0 fully saturated rings. The molecule has 0 atom stereocenters. The van der Waals surface area contributed by atoms with Crippen LogP contribution in [0.25, 0.3) is 5.69 Å². The number of nitrogens with one attached hydrogen (secondary N) is 1. The zero-order valence-corrected chi connectivity index (χ0v) is 19.1. The summed E-state index contributed by atoms with van der Waals surface area (Å²) in [5, 5.41) is 4.61. The van der Waals surface area contributed by atoms with Gasteiger partial charge in [-0.3, -0.25) is 9.59 Å². The third-order valence-corrected chi connectivity index (χ3v) is 5.47. The maximum atomic E-state index is 13.2. The Morgan fingerprint density at radius 2 is 1.87 bits per heavy atom. The van der Waals surface area contributed by atoms with Crippen LogP contribution in [0, 0.1) is 0 Å². The molecule has 0 aliphatic rings. The van der Waals surface area contributed by atoms with E-state index in [0.717, 1.165) is 5.01 Å². The summed E-state index contributed by atoms with van der Waals surface area (Å²) in [5.41, 5.74) is 7.43. The Balaban J connectivity index is 2.10. The van der Waals surface area contributed by atoms with Gasteiger partial charge in [0.15, 0.2) is 0 Å². The van der Waals surface area contributed by atoms with E-state index in [-0.39, 0.29) is 23.6 Å². The van der Waals surface area contributed by atoms with Crippen LogP contribution in [0.15, 0.2) is 47.1 Å². The third kappa shape index (κ3) is 4.49. The van der Waals surface area contributed by atoms with Crippen molar-refractivity contribution in [3.63, 3.8) is 0 Å². The molecule has 3 rings (SSSR count). The molecule has 0 spiro atoms. The van der Waals surface area contributed by atoms with Crippen molar-refractivity contribution < 1.29 is 9.59 Å². The average Bonchev–Trinajstić information content (AvgIpc) is 3.09. The van der Waals surface area contributed by atoms with Crippen LogP contribution in [-0.2, 0) is 11.3 Å². The van der Waals surface area contributed by atoms with Gasteiger partial charge in [0.25, 0.3) is 5.91 Å². The van der Waals surface area contributed by atoms with Gasteiger partial charge in [-0.25, -0.2) is 10.9 Å². The first-order valence-electron chi connectivity index (χ1n) is 8.42. The van der Waals surface area contributed by atoms with E-state index in [1.54, 1.807) is 41.1 Å². The normalized spacial score (nSPS) is 10.7. The number of amides is 2. The van der Waals surface area contributed by atoms with Crippen molar-refractivity contribution in [3.8, 4) is 5.69 Å². The van der Waals surface area contributed by atoms with Gasteiger partial charge < -0.3 is 15.6 Å². The summed E-state index contributed by atoms with van der Waals surface area (Å²) < 4.78 is 2.19. The second-order valence-corrected chi connectivity index (χ2v) is 8.28. The number of carbonyl (C=O) groups is 2. The number of carbonyl (C=O) groups excluding carboxylic acids is 2. The van der Waals surface area contributed by atoms with Crippen molar-refractivity contribution in [3.05, 3.63) is 73.4 Å². The van der Waals surface area contributed by atoms with Crippen molar-refractivity contribution >= 4 is 74.4 Å². The molecule has 2 aromatic carbocycles. The topological polar surface area (TPSA) is 106 Å². The van der Waals surface area contributed by atoms with Gasteiger partial charge in [-0.05, 0) is 51.8 Å². The number of hydrogen-bond donors (Lipinski definition) is 3. The molecule has 0 aliphatic carbocycles.